The molecular formula is C16H28IN3O. The highest BCUT2D eigenvalue weighted by Crippen LogP contribution is 2.25. The van der Waals surface area contributed by atoms with Crippen LogP contribution in [0.2, 0.25) is 0 Å². The topological polar surface area (TPSA) is 49.6 Å². The molecule has 0 amide bonds. The Bertz CT molecular complexity index is 386. The second-order valence-corrected chi connectivity index (χ2v) is 5.55. The molecule has 21 heavy (non-hydrogen) atoms. The lowest BCUT2D eigenvalue weighted by atomic mass is 9.87. The average molecular weight is 405 g/mol. The lowest BCUT2D eigenvalue weighted by Gasteiger charge is -2.22. The summed E-state index contributed by atoms with van der Waals surface area (Å²) in [5.41, 5.74) is 0. The molecule has 0 aromatic carbocycles. The van der Waals surface area contributed by atoms with Gasteiger partial charge < -0.3 is 15.1 Å². The number of halogens is 1. The standard InChI is InChI=1S/C16H27N3O.HI/c1-17-16(19-12-10-15-8-5-13-20-15)18-11-9-14-6-3-2-4-7-14;/h5,8,13-14H,2-4,6-7,9-12H2,1H3,(H2,17,18,19);1H. The number of hydrogen-bond acceptors (Lipinski definition) is 2. The van der Waals surface area contributed by atoms with Crippen molar-refractivity contribution >= 4 is 29.9 Å². The molecule has 1 aliphatic carbocycles. The molecule has 120 valence electrons. The van der Waals surface area contributed by atoms with Gasteiger partial charge in [-0.05, 0) is 24.5 Å². The van der Waals surface area contributed by atoms with Gasteiger partial charge in [-0.1, -0.05) is 32.1 Å². The largest absolute Gasteiger partial charge is 0.469 e. The van der Waals surface area contributed by atoms with Crippen molar-refractivity contribution in [2.24, 2.45) is 10.9 Å². The molecule has 0 radical (unpaired) electrons. The van der Waals surface area contributed by atoms with Crippen molar-refractivity contribution in [2.75, 3.05) is 20.1 Å². The van der Waals surface area contributed by atoms with E-state index >= 15 is 0 Å². The fourth-order valence-corrected chi connectivity index (χ4v) is 2.85. The van der Waals surface area contributed by atoms with Gasteiger partial charge in [0.1, 0.15) is 5.76 Å². The zero-order valence-corrected chi connectivity index (χ0v) is 15.3. The molecule has 1 heterocycles. The zero-order chi connectivity index (χ0) is 14.0. The van der Waals surface area contributed by atoms with Crippen molar-refractivity contribution in [1.29, 1.82) is 0 Å². The zero-order valence-electron chi connectivity index (χ0n) is 12.9. The van der Waals surface area contributed by atoms with Crippen molar-refractivity contribution in [2.45, 2.75) is 44.9 Å². The maximum absolute atomic E-state index is 5.31. The molecule has 0 atom stereocenters. The van der Waals surface area contributed by atoms with Gasteiger partial charge in [-0.2, -0.15) is 0 Å². The summed E-state index contributed by atoms with van der Waals surface area (Å²) in [5.74, 6) is 2.82. The summed E-state index contributed by atoms with van der Waals surface area (Å²) in [4.78, 5) is 4.25. The highest BCUT2D eigenvalue weighted by molar-refractivity contribution is 14.0. The maximum Gasteiger partial charge on any atom is 0.190 e. The Labute approximate surface area is 145 Å². The minimum absolute atomic E-state index is 0. The van der Waals surface area contributed by atoms with Gasteiger partial charge in [0.25, 0.3) is 0 Å². The van der Waals surface area contributed by atoms with Crippen LogP contribution in [0.25, 0.3) is 0 Å². The number of furan rings is 1. The number of aliphatic imine (C=N–C) groups is 1. The Hall–Kier alpha value is -0.720. The van der Waals surface area contributed by atoms with Crippen LogP contribution in [0.4, 0.5) is 0 Å². The molecule has 1 fully saturated rings. The summed E-state index contributed by atoms with van der Waals surface area (Å²) in [6, 6.07) is 3.92. The van der Waals surface area contributed by atoms with E-state index < -0.39 is 0 Å². The fourth-order valence-electron chi connectivity index (χ4n) is 2.85. The predicted octanol–water partition coefficient (Wildman–Crippen LogP) is 3.58. The molecule has 0 spiro atoms. The molecule has 1 aliphatic rings. The van der Waals surface area contributed by atoms with Crippen molar-refractivity contribution in [3.63, 3.8) is 0 Å². The molecule has 1 saturated carbocycles. The highest BCUT2D eigenvalue weighted by Gasteiger charge is 2.12. The Morgan fingerprint density at radius 3 is 2.67 bits per heavy atom. The van der Waals surface area contributed by atoms with E-state index in [1.165, 1.54) is 38.5 Å². The van der Waals surface area contributed by atoms with Gasteiger partial charge >= 0.3 is 0 Å². The Morgan fingerprint density at radius 1 is 1.24 bits per heavy atom. The first-order chi connectivity index (χ1) is 9.88. The molecular weight excluding hydrogens is 377 g/mol. The maximum atomic E-state index is 5.31. The molecule has 2 N–H and O–H groups in total. The van der Waals surface area contributed by atoms with E-state index in [1.807, 2.05) is 19.2 Å². The van der Waals surface area contributed by atoms with Crippen molar-refractivity contribution in [1.82, 2.24) is 10.6 Å². The van der Waals surface area contributed by atoms with E-state index in [0.29, 0.717) is 0 Å². The molecule has 5 heteroatoms. The Balaban J connectivity index is 0.00000220. The third-order valence-electron chi connectivity index (χ3n) is 4.04. The molecule has 0 aliphatic heterocycles. The summed E-state index contributed by atoms with van der Waals surface area (Å²) in [7, 11) is 1.82. The van der Waals surface area contributed by atoms with Gasteiger partial charge in [-0.25, -0.2) is 0 Å². The van der Waals surface area contributed by atoms with Gasteiger partial charge in [0.05, 0.1) is 6.26 Å². The normalized spacial score (nSPS) is 16.3. The van der Waals surface area contributed by atoms with Crippen LogP contribution in [0.15, 0.2) is 27.8 Å². The van der Waals surface area contributed by atoms with E-state index in [0.717, 1.165) is 37.1 Å². The Morgan fingerprint density at radius 2 is 2.00 bits per heavy atom. The van der Waals surface area contributed by atoms with Gasteiger partial charge in [-0.15, -0.1) is 24.0 Å². The molecule has 1 aromatic rings. The number of guanidine groups is 1. The monoisotopic (exact) mass is 405 g/mol. The Kier molecular flexibility index (Phi) is 9.54. The van der Waals surface area contributed by atoms with Crippen LogP contribution >= 0.6 is 24.0 Å². The van der Waals surface area contributed by atoms with E-state index in [1.54, 1.807) is 6.26 Å². The van der Waals surface area contributed by atoms with Gasteiger partial charge in [0.2, 0.25) is 0 Å². The van der Waals surface area contributed by atoms with Crippen LogP contribution in [0, 0.1) is 5.92 Å². The SMILES string of the molecule is CN=C(NCCc1ccco1)NCCC1CCCCC1.I. The highest BCUT2D eigenvalue weighted by atomic mass is 127. The van der Waals surface area contributed by atoms with E-state index in [-0.39, 0.29) is 24.0 Å². The lowest BCUT2D eigenvalue weighted by molar-refractivity contribution is 0.339. The van der Waals surface area contributed by atoms with E-state index in [2.05, 4.69) is 15.6 Å². The lowest BCUT2D eigenvalue weighted by Crippen LogP contribution is -2.39. The van der Waals surface area contributed by atoms with Crippen LogP contribution < -0.4 is 10.6 Å². The van der Waals surface area contributed by atoms with Gasteiger partial charge in [-0.3, -0.25) is 4.99 Å². The summed E-state index contributed by atoms with van der Waals surface area (Å²) in [6.45, 7) is 1.86. The second kappa shape index (κ2) is 10.9. The molecule has 1 aromatic heterocycles. The first-order valence-electron chi connectivity index (χ1n) is 7.85. The first-order valence-corrected chi connectivity index (χ1v) is 7.85. The first kappa shape index (κ1) is 18.3. The smallest absolute Gasteiger partial charge is 0.190 e. The molecule has 4 nitrogen and oxygen atoms in total. The van der Waals surface area contributed by atoms with Crippen LogP contribution in [-0.4, -0.2) is 26.1 Å². The van der Waals surface area contributed by atoms with E-state index in [9.17, 15) is 0 Å². The summed E-state index contributed by atoms with van der Waals surface area (Å²) >= 11 is 0. The van der Waals surface area contributed by atoms with Crippen molar-refractivity contribution in [3.8, 4) is 0 Å². The van der Waals surface area contributed by atoms with Crippen molar-refractivity contribution < 1.29 is 4.42 Å². The van der Waals surface area contributed by atoms with Gasteiger partial charge in [0, 0.05) is 26.6 Å². The van der Waals surface area contributed by atoms with Crippen LogP contribution in [0.3, 0.4) is 0 Å². The van der Waals surface area contributed by atoms with Crippen LogP contribution in [0.1, 0.15) is 44.3 Å². The van der Waals surface area contributed by atoms with Crippen molar-refractivity contribution in [3.05, 3.63) is 24.2 Å². The number of rotatable bonds is 6. The summed E-state index contributed by atoms with van der Waals surface area (Å²) in [6.07, 6.45) is 10.9. The molecule has 0 saturated heterocycles. The molecule has 2 rings (SSSR count). The average Bonchev–Trinajstić information content (AvgIpc) is 3.00. The number of nitrogens with one attached hydrogen (secondary N) is 2. The predicted molar refractivity (Wildman–Crippen MR) is 98.4 cm³/mol. The van der Waals surface area contributed by atoms with E-state index in [4.69, 9.17) is 4.42 Å². The fraction of sp³-hybridized carbons (Fsp3) is 0.688. The minimum Gasteiger partial charge on any atom is -0.469 e. The quantitative estimate of drug-likeness (QED) is 0.432. The molecule has 0 bridgehead atoms. The second-order valence-electron chi connectivity index (χ2n) is 5.55. The summed E-state index contributed by atoms with van der Waals surface area (Å²) < 4.78 is 5.31. The number of nitrogens with zero attached hydrogens (tertiary/aromatic N) is 1. The van der Waals surface area contributed by atoms with Crippen LogP contribution in [-0.2, 0) is 6.42 Å². The van der Waals surface area contributed by atoms with Crippen LogP contribution in [0.5, 0.6) is 0 Å². The third-order valence-corrected chi connectivity index (χ3v) is 4.04. The molecule has 0 unspecified atom stereocenters. The third kappa shape index (κ3) is 7.20. The summed E-state index contributed by atoms with van der Waals surface area (Å²) in [5, 5.41) is 6.73. The number of hydrogen-bond donors (Lipinski definition) is 2. The minimum atomic E-state index is 0. The van der Waals surface area contributed by atoms with Gasteiger partial charge in [0.15, 0.2) is 5.96 Å².